The van der Waals surface area contributed by atoms with Crippen molar-refractivity contribution in [2.45, 2.75) is 20.1 Å². The van der Waals surface area contributed by atoms with Gasteiger partial charge in [-0.1, -0.05) is 0 Å². The maximum atomic E-state index is 10.2. The molecule has 0 bridgehead atoms. The zero-order valence-corrected chi connectivity index (χ0v) is 5.80. The SMILES string of the molecule is CC(=O)OC(C)NC([NH])=O. The second kappa shape index (κ2) is 3.71. The summed E-state index contributed by atoms with van der Waals surface area (Å²) in [4.78, 5) is 20.2. The van der Waals surface area contributed by atoms with Crippen molar-refractivity contribution in [1.82, 2.24) is 11.1 Å². The third kappa shape index (κ3) is 4.89. The minimum absolute atomic E-state index is 0.485. The van der Waals surface area contributed by atoms with E-state index in [2.05, 4.69) is 10.1 Å². The number of rotatable bonds is 2. The number of ether oxygens (including phenoxy) is 1. The van der Waals surface area contributed by atoms with Crippen LogP contribution in [-0.2, 0) is 9.53 Å². The van der Waals surface area contributed by atoms with Crippen LogP contribution in [-0.4, -0.2) is 18.2 Å². The van der Waals surface area contributed by atoms with Gasteiger partial charge in [-0.05, 0) is 6.92 Å². The maximum absolute atomic E-state index is 10.2. The van der Waals surface area contributed by atoms with Crippen LogP contribution in [0, 0.1) is 0 Å². The van der Waals surface area contributed by atoms with Gasteiger partial charge in [-0.15, -0.1) is 0 Å². The molecule has 0 heterocycles. The van der Waals surface area contributed by atoms with Gasteiger partial charge in [0, 0.05) is 6.92 Å². The number of hydrogen-bond donors (Lipinski definition) is 1. The minimum Gasteiger partial charge on any atom is -0.442 e. The molecule has 0 aliphatic carbocycles. The average molecular weight is 145 g/mol. The van der Waals surface area contributed by atoms with Crippen molar-refractivity contribution in [3.05, 3.63) is 0 Å². The van der Waals surface area contributed by atoms with E-state index in [4.69, 9.17) is 5.73 Å². The van der Waals surface area contributed by atoms with Gasteiger partial charge in [-0.2, -0.15) is 0 Å². The molecule has 5 nitrogen and oxygen atoms in total. The average Bonchev–Trinajstić information content (AvgIpc) is 1.58. The lowest BCUT2D eigenvalue weighted by Crippen LogP contribution is -2.35. The summed E-state index contributed by atoms with van der Waals surface area (Å²) in [6.07, 6.45) is -0.720. The van der Waals surface area contributed by atoms with E-state index in [-0.39, 0.29) is 0 Å². The highest BCUT2D eigenvalue weighted by molar-refractivity contribution is 5.71. The van der Waals surface area contributed by atoms with Crippen molar-refractivity contribution in [3.63, 3.8) is 0 Å². The molecule has 0 fully saturated rings. The zero-order valence-electron chi connectivity index (χ0n) is 5.80. The van der Waals surface area contributed by atoms with Gasteiger partial charge in [0.15, 0.2) is 6.23 Å². The first kappa shape index (κ1) is 8.74. The summed E-state index contributed by atoms with van der Waals surface area (Å²) >= 11 is 0. The zero-order chi connectivity index (χ0) is 8.15. The molecule has 0 saturated heterocycles. The predicted octanol–water partition coefficient (Wildman–Crippen LogP) is -0.112. The van der Waals surface area contributed by atoms with Crippen LogP contribution < -0.4 is 11.1 Å². The van der Waals surface area contributed by atoms with Crippen LogP contribution in [0.2, 0.25) is 0 Å². The monoisotopic (exact) mass is 145 g/mol. The Morgan fingerprint density at radius 2 is 2.10 bits per heavy atom. The quantitative estimate of drug-likeness (QED) is 0.434. The standard InChI is InChI=1S/C5H9N2O3/c1-3(7-5(6)9)10-4(2)8/h3,6H,1-2H3,(H,7,9). The summed E-state index contributed by atoms with van der Waals surface area (Å²) in [7, 11) is 0. The number of amides is 2. The number of esters is 1. The van der Waals surface area contributed by atoms with Crippen LogP contribution in [0.1, 0.15) is 13.8 Å². The van der Waals surface area contributed by atoms with Crippen molar-refractivity contribution < 1.29 is 14.3 Å². The minimum atomic E-state index is -0.964. The van der Waals surface area contributed by atoms with Gasteiger partial charge < -0.3 is 10.1 Å². The molecule has 5 heteroatoms. The Morgan fingerprint density at radius 3 is 2.40 bits per heavy atom. The Balaban J connectivity index is 3.53. The summed E-state index contributed by atoms with van der Waals surface area (Å²) in [5.74, 6) is -0.485. The lowest BCUT2D eigenvalue weighted by Gasteiger charge is -2.10. The normalized spacial score (nSPS) is 11.8. The number of hydrogen-bond acceptors (Lipinski definition) is 3. The first-order valence-corrected chi connectivity index (χ1v) is 2.71. The lowest BCUT2D eigenvalue weighted by atomic mass is 10.6. The molecule has 10 heavy (non-hydrogen) atoms. The van der Waals surface area contributed by atoms with E-state index in [9.17, 15) is 9.59 Å². The Labute approximate surface area is 58.5 Å². The van der Waals surface area contributed by atoms with E-state index >= 15 is 0 Å². The molecule has 1 unspecified atom stereocenters. The van der Waals surface area contributed by atoms with Gasteiger partial charge in [0.05, 0.1) is 0 Å². The van der Waals surface area contributed by atoms with Crippen molar-refractivity contribution in [2.24, 2.45) is 0 Å². The van der Waals surface area contributed by atoms with Crippen LogP contribution in [0.25, 0.3) is 0 Å². The Morgan fingerprint density at radius 1 is 1.60 bits per heavy atom. The fourth-order valence-electron chi connectivity index (χ4n) is 0.463. The number of carbonyl (C=O) groups excluding carboxylic acids is 2. The number of urea groups is 1. The van der Waals surface area contributed by atoms with Gasteiger partial charge in [-0.3, -0.25) is 4.79 Å². The van der Waals surface area contributed by atoms with E-state index in [0.717, 1.165) is 0 Å². The van der Waals surface area contributed by atoms with Gasteiger partial charge in [0.1, 0.15) is 0 Å². The molecule has 2 N–H and O–H groups in total. The maximum Gasteiger partial charge on any atom is 0.336 e. The Bertz CT molecular complexity index is 130. The summed E-state index contributed by atoms with van der Waals surface area (Å²) in [5, 5.41) is 2.06. The predicted molar refractivity (Wildman–Crippen MR) is 32.9 cm³/mol. The van der Waals surface area contributed by atoms with Crippen LogP contribution in [0.4, 0.5) is 4.79 Å². The molecular weight excluding hydrogens is 136 g/mol. The molecule has 0 saturated carbocycles. The number of nitrogens with one attached hydrogen (secondary N) is 2. The Kier molecular flexibility index (Phi) is 3.24. The molecule has 1 atom stereocenters. The topological polar surface area (TPSA) is 79.2 Å². The second-order valence-electron chi connectivity index (χ2n) is 1.73. The van der Waals surface area contributed by atoms with E-state index in [0.29, 0.717) is 0 Å². The second-order valence-corrected chi connectivity index (χ2v) is 1.73. The summed E-state index contributed by atoms with van der Waals surface area (Å²) in [6.45, 7) is 2.69. The highest BCUT2D eigenvalue weighted by atomic mass is 16.6. The summed E-state index contributed by atoms with van der Waals surface area (Å²) < 4.78 is 4.47. The molecule has 0 aliphatic heterocycles. The number of carbonyl (C=O) groups is 2. The van der Waals surface area contributed by atoms with Gasteiger partial charge in [-0.25, -0.2) is 10.5 Å². The fourth-order valence-corrected chi connectivity index (χ4v) is 0.463. The van der Waals surface area contributed by atoms with Crippen LogP contribution in [0.5, 0.6) is 0 Å². The van der Waals surface area contributed by atoms with Crippen LogP contribution in [0.3, 0.4) is 0 Å². The van der Waals surface area contributed by atoms with E-state index < -0.39 is 18.2 Å². The van der Waals surface area contributed by atoms with Crippen LogP contribution >= 0.6 is 0 Å². The summed E-state index contributed by atoms with van der Waals surface area (Å²) in [5.41, 5.74) is 6.41. The molecule has 0 aromatic carbocycles. The molecule has 0 aliphatic rings. The molecule has 57 valence electrons. The van der Waals surface area contributed by atoms with Crippen molar-refractivity contribution in [1.29, 1.82) is 0 Å². The molecule has 0 aromatic rings. The van der Waals surface area contributed by atoms with Gasteiger partial charge >= 0.3 is 12.0 Å². The first-order valence-electron chi connectivity index (χ1n) is 2.71. The molecule has 0 aromatic heterocycles. The Hall–Kier alpha value is -1.26. The molecule has 1 radical (unpaired) electrons. The smallest absolute Gasteiger partial charge is 0.336 e. The third-order valence-corrected chi connectivity index (χ3v) is 0.677. The summed E-state index contributed by atoms with van der Waals surface area (Å²) in [6, 6.07) is -0.964. The molecular formula is C5H9N2O3. The first-order chi connectivity index (χ1) is 4.52. The van der Waals surface area contributed by atoms with Gasteiger partial charge in [0.2, 0.25) is 0 Å². The molecule has 2 amide bonds. The molecule has 0 spiro atoms. The molecule has 0 rings (SSSR count). The largest absolute Gasteiger partial charge is 0.442 e. The van der Waals surface area contributed by atoms with Crippen molar-refractivity contribution in [3.8, 4) is 0 Å². The van der Waals surface area contributed by atoms with E-state index in [1.54, 1.807) is 0 Å². The van der Waals surface area contributed by atoms with E-state index in [1.807, 2.05) is 0 Å². The third-order valence-electron chi connectivity index (χ3n) is 0.677. The van der Waals surface area contributed by atoms with Crippen molar-refractivity contribution in [2.75, 3.05) is 0 Å². The highest BCUT2D eigenvalue weighted by Crippen LogP contribution is 1.84. The van der Waals surface area contributed by atoms with E-state index in [1.165, 1.54) is 13.8 Å². The van der Waals surface area contributed by atoms with Crippen LogP contribution in [0.15, 0.2) is 0 Å². The highest BCUT2D eigenvalue weighted by Gasteiger charge is 2.05. The lowest BCUT2D eigenvalue weighted by molar-refractivity contribution is -0.146. The fraction of sp³-hybridized carbons (Fsp3) is 0.600. The van der Waals surface area contributed by atoms with Gasteiger partial charge in [0.25, 0.3) is 0 Å². The van der Waals surface area contributed by atoms with Crippen molar-refractivity contribution >= 4 is 12.0 Å².